The van der Waals surface area contributed by atoms with E-state index in [1.165, 1.54) is 0 Å². The average molecular weight is 262 g/mol. The minimum atomic E-state index is 0.576. The minimum absolute atomic E-state index is 0.576. The van der Waals surface area contributed by atoms with Crippen LogP contribution in [-0.4, -0.2) is 24.2 Å². The van der Waals surface area contributed by atoms with Gasteiger partial charge in [-0.1, -0.05) is 30.0 Å². The molecule has 0 bridgehead atoms. The summed E-state index contributed by atoms with van der Waals surface area (Å²) in [7, 11) is 3.27. The van der Waals surface area contributed by atoms with Gasteiger partial charge in [0, 0.05) is 23.6 Å². The van der Waals surface area contributed by atoms with E-state index in [-0.39, 0.29) is 0 Å². The lowest BCUT2D eigenvalue weighted by Gasteiger charge is -2.07. The van der Waals surface area contributed by atoms with Crippen molar-refractivity contribution in [3.8, 4) is 11.6 Å². The van der Waals surface area contributed by atoms with Crippen LogP contribution in [0.5, 0.6) is 11.6 Å². The summed E-state index contributed by atoms with van der Waals surface area (Å²) in [5, 5.41) is 0.695. The molecule has 0 fully saturated rings. The summed E-state index contributed by atoms with van der Waals surface area (Å²) in [4.78, 5) is 8.44. The Labute approximate surface area is 110 Å². The van der Waals surface area contributed by atoms with E-state index in [0.29, 0.717) is 11.0 Å². The molecule has 0 aliphatic carbocycles. The van der Waals surface area contributed by atoms with E-state index in [1.54, 1.807) is 38.2 Å². The molecule has 0 radical (unpaired) electrons. The molecule has 1 heterocycles. The standard InChI is InChI=1S/C13H14N2O2S/c1-16-11-6-4-3-5-10(11)9-18-13-14-8-7-12(15-13)17-2/h3-8H,9H2,1-2H3. The van der Waals surface area contributed by atoms with Gasteiger partial charge in [0.2, 0.25) is 5.88 Å². The number of nitrogens with zero attached hydrogens (tertiary/aromatic N) is 2. The van der Waals surface area contributed by atoms with E-state index in [9.17, 15) is 0 Å². The van der Waals surface area contributed by atoms with Crippen molar-refractivity contribution in [1.29, 1.82) is 0 Å². The highest BCUT2D eigenvalue weighted by atomic mass is 32.2. The van der Waals surface area contributed by atoms with Gasteiger partial charge in [-0.3, -0.25) is 0 Å². The summed E-state index contributed by atoms with van der Waals surface area (Å²) in [5.41, 5.74) is 1.12. The van der Waals surface area contributed by atoms with Gasteiger partial charge in [0.25, 0.3) is 0 Å². The second-order valence-corrected chi connectivity index (χ2v) is 4.42. The first kappa shape index (κ1) is 12.7. The average Bonchev–Trinajstić information content (AvgIpc) is 2.45. The van der Waals surface area contributed by atoms with Crippen LogP contribution in [0.15, 0.2) is 41.7 Å². The summed E-state index contributed by atoms with van der Waals surface area (Å²) in [5.74, 6) is 2.22. The van der Waals surface area contributed by atoms with Crippen molar-refractivity contribution in [3.63, 3.8) is 0 Å². The molecule has 2 aromatic rings. The molecule has 1 aromatic heterocycles. The second kappa shape index (κ2) is 6.26. The van der Waals surface area contributed by atoms with Crippen molar-refractivity contribution in [3.05, 3.63) is 42.1 Å². The third kappa shape index (κ3) is 3.13. The van der Waals surface area contributed by atoms with E-state index >= 15 is 0 Å². The van der Waals surface area contributed by atoms with Crippen LogP contribution in [0.2, 0.25) is 0 Å². The maximum atomic E-state index is 5.30. The van der Waals surface area contributed by atoms with Crippen molar-refractivity contribution >= 4 is 11.8 Å². The Hall–Kier alpha value is -1.75. The zero-order chi connectivity index (χ0) is 12.8. The van der Waals surface area contributed by atoms with Crippen LogP contribution in [0.25, 0.3) is 0 Å². The van der Waals surface area contributed by atoms with Crippen LogP contribution in [0.4, 0.5) is 0 Å². The molecule has 1 aromatic carbocycles. The van der Waals surface area contributed by atoms with Gasteiger partial charge in [-0.15, -0.1) is 0 Å². The fourth-order valence-electron chi connectivity index (χ4n) is 1.47. The van der Waals surface area contributed by atoms with Gasteiger partial charge in [0.1, 0.15) is 5.75 Å². The Morgan fingerprint density at radius 3 is 2.72 bits per heavy atom. The first-order valence-corrected chi connectivity index (χ1v) is 6.44. The van der Waals surface area contributed by atoms with Crippen LogP contribution >= 0.6 is 11.8 Å². The lowest BCUT2D eigenvalue weighted by atomic mass is 10.2. The van der Waals surface area contributed by atoms with Crippen LogP contribution in [0.1, 0.15) is 5.56 Å². The highest BCUT2D eigenvalue weighted by molar-refractivity contribution is 7.98. The Morgan fingerprint density at radius 1 is 1.11 bits per heavy atom. The van der Waals surface area contributed by atoms with Crippen LogP contribution in [0, 0.1) is 0 Å². The largest absolute Gasteiger partial charge is 0.496 e. The highest BCUT2D eigenvalue weighted by Gasteiger charge is 2.05. The maximum absolute atomic E-state index is 5.30. The molecule has 0 aliphatic heterocycles. The molecule has 0 amide bonds. The predicted octanol–water partition coefficient (Wildman–Crippen LogP) is 2.79. The molecule has 18 heavy (non-hydrogen) atoms. The fourth-order valence-corrected chi connectivity index (χ4v) is 2.29. The molecule has 0 aliphatic rings. The molecule has 5 heteroatoms. The number of hydrogen-bond acceptors (Lipinski definition) is 5. The van der Waals surface area contributed by atoms with E-state index in [2.05, 4.69) is 9.97 Å². The smallest absolute Gasteiger partial charge is 0.216 e. The Morgan fingerprint density at radius 2 is 1.94 bits per heavy atom. The lowest BCUT2D eigenvalue weighted by Crippen LogP contribution is -1.93. The van der Waals surface area contributed by atoms with Gasteiger partial charge in [0.05, 0.1) is 14.2 Å². The third-order valence-corrected chi connectivity index (χ3v) is 3.28. The molecule has 0 spiro atoms. The fraction of sp³-hybridized carbons (Fsp3) is 0.231. The van der Waals surface area contributed by atoms with Crippen molar-refractivity contribution in [2.24, 2.45) is 0 Å². The monoisotopic (exact) mass is 262 g/mol. The molecule has 0 atom stereocenters. The van der Waals surface area contributed by atoms with Gasteiger partial charge in [-0.25, -0.2) is 4.98 Å². The predicted molar refractivity (Wildman–Crippen MR) is 71.1 cm³/mol. The molecule has 4 nitrogen and oxygen atoms in total. The van der Waals surface area contributed by atoms with E-state index in [0.717, 1.165) is 17.1 Å². The number of methoxy groups -OCH3 is 2. The van der Waals surface area contributed by atoms with Gasteiger partial charge >= 0.3 is 0 Å². The number of thioether (sulfide) groups is 1. The summed E-state index contributed by atoms with van der Waals surface area (Å²) >= 11 is 1.55. The van der Waals surface area contributed by atoms with Crippen LogP contribution in [0.3, 0.4) is 0 Å². The van der Waals surface area contributed by atoms with Gasteiger partial charge in [-0.2, -0.15) is 4.98 Å². The molecule has 0 saturated carbocycles. The van der Waals surface area contributed by atoms with E-state index in [1.807, 2.05) is 24.3 Å². The van der Waals surface area contributed by atoms with Crippen molar-refractivity contribution in [1.82, 2.24) is 9.97 Å². The first-order chi connectivity index (χ1) is 8.83. The SMILES string of the molecule is COc1ccnc(SCc2ccccc2OC)n1. The van der Waals surface area contributed by atoms with Gasteiger partial charge in [0.15, 0.2) is 5.16 Å². The zero-order valence-corrected chi connectivity index (χ0v) is 11.1. The van der Waals surface area contributed by atoms with E-state index < -0.39 is 0 Å². The van der Waals surface area contributed by atoms with Crippen molar-refractivity contribution < 1.29 is 9.47 Å². The van der Waals surface area contributed by atoms with Gasteiger partial charge in [-0.05, 0) is 6.07 Å². The first-order valence-electron chi connectivity index (χ1n) is 5.45. The summed E-state index contributed by atoms with van der Waals surface area (Å²) in [6.07, 6.45) is 1.69. The zero-order valence-electron chi connectivity index (χ0n) is 10.3. The molecule has 94 valence electrons. The normalized spacial score (nSPS) is 10.1. The quantitative estimate of drug-likeness (QED) is 0.612. The lowest BCUT2D eigenvalue weighted by molar-refractivity contribution is 0.392. The number of benzene rings is 1. The van der Waals surface area contributed by atoms with Crippen LogP contribution < -0.4 is 9.47 Å². The minimum Gasteiger partial charge on any atom is -0.496 e. The summed E-state index contributed by atoms with van der Waals surface area (Å²) in [6.45, 7) is 0. The Balaban J connectivity index is 2.06. The van der Waals surface area contributed by atoms with Crippen molar-refractivity contribution in [2.45, 2.75) is 10.9 Å². The van der Waals surface area contributed by atoms with E-state index in [4.69, 9.17) is 9.47 Å². The molecule has 0 unspecified atom stereocenters. The molecular formula is C13H14N2O2S. The van der Waals surface area contributed by atoms with Crippen LogP contribution in [-0.2, 0) is 5.75 Å². The number of rotatable bonds is 5. The highest BCUT2D eigenvalue weighted by Crippen LogP contribution is 2.26. The number of ether oxygens (including phenoxy) is 2. The number of hydrogen-bond donors (Lipinski definition) is 0. The molecule has 0 saturated heterocycles. The summed E-state index contributed by atoms with van der Waals surface area (Å²) in [6, 6.07) is 9.65. The number of aromatic nitrogens is 2. The third-order valence-electron chi connectivity index (χ3n) is 2.37. The van der Waals surface area contributed by atoms with Crippen molar-refractivity contribution in [2.75, 3.05) is 14.2 Å². The maximum Gasteiger partial charge on any atom is 0.216 e. The Kier molecular flexibility index (Phi) is 4.41. The molecule has 2 rings (SSSR count). The Bertz CT molecular complexity index is 520. The molecule has 0 N–H and O–H groups in total. The van der Waals surface area contributed by atoms with Gasteiger partial charge < -0.3 is 9.47 Å². The second-order valence-electron chi connectivity index (χ2n) is 3.48. The molecular weight excluding hydrogens is 248 g/mol. The number of para-hydroxylation sites is 1. The summed E-state index contributed by atoms with van der Waals surface area (Å²) < 4.78 is 10.4. The topological polar surface area (TPSA) is 44.2 Å².